The monoisotopic (exact) mass is 245 g/mol. The zero-order valence-corrected chi connectivity index (χ0v) is 9.95. The minimum atomic E-state index is -2.80. The van der Waals surface area contributed by atoms with Gasteiger partial charge in [-0.1, -0.05) is 18.2 Å². The fourth-order valence-corrected chi connectivity index (χ4v) is 1.45. The molecule has 0 heterocycles. The van der Waals surface area contributed by atoms with Gasteiger partial charge in [-0.3, -0.25) is 0 Å². The van der Waals surface area contributed by atoms with Crippen molar-refractivity contribution in [2.75, 3.05) is 13.7 Å². The second kappa shape index (κ2) is 7.19. The number of benzene rings is 1. The number of alkyl halides is 2. The fourth-order valence-electron chi connectivity index (χ4n) is 1.45. The second-order valence-electron chi connectivity index (χ2n) is 3.72. The Labute approximate surface area is 99.7 Å². The highest BCUT2D eigenvalue weighted by molar-refractivity contribution is 5.33. The van der Waals surface area contributed by atoms with Gasteiger partial charge in [0, 0.05) is 25.3 Å². The Morgan fingerprint density at radius 3 is 2.65 bits per heavy atom. The predicted octanol–water partition coefficient (Wildman–Crippen LogP) is 2.41. The summed E-state index contributed by atoms with van der Waals surface area (Å²) in [4.78, 5) is 0. The molecule has 0 saturated carbocycles. The molecular weight excluding hydrogens is 228 g/mol. The summed E-state index contributed by atoms with van der Waals surface area (Å²) in [5.74, 6) is 0.208. The highest BCUT2D eigenvalue weighted by Crippen LogP contribution is 2.19. The Morgan fingerprint density at radius 1 is 1.29 bits per heavy atom. The van der Waals surface area contributed by atoms with Crippen molar-refractivity contribution in [3.05, 3.63) is 29.8 Å². The van der Waals surface area contributed by atoms with E-state index in [4.69, 9.17) is 4.74 Å². The molecule has 0 aliphatic rings. The first kappa shape index (κ1) is 13.9. The lowest BCUT2D eigenvalue weighted by atomic mass is 10.2. The van der Waals surface area contributed by atoms with Crippen LogP contribution in [-0.4, -0.2) is 26.4 Å². The standard InChI is InChI=1S/C12H17F2NO2/c1-9(8-16-2)15-7-10-5-3-4-6-11(10)17-12(13)14/h3-6,9,12,15H,7-8H2,1-2H3. The number of hydrogen-bond donors (Lipinski definition) is 1. The lowest BCUT2D eigenvalue weighted by Crippen LogP contribution is -2.29. The molecule has 1 rings (SSSR count). The molecule has 1 unspecified atom stereocenters. The van der Waals surface area contributed by atoms with Crippen molar-refractivity contribution in [1.29, 1.82) is 0 Å². The summed E-state index contributed by atoms with van der Waals surface area (Å²) >= 11 is 0. The van der Waals surface area contributed by atoms with Gasteiger partial charge in [-0.05, 0) is 13.0 Å². The van der Waals surface area contributed by atoms with Crippen LogP contribution >= 0.6 is 0 Å². The first-order valence-corrected chi connectivity index (χ1v) is 5.38. The SMILES string of the molecule is COCC(C)NCc1ccccc1OC(F)F. The number of nitrogens with one attached hydrogen (secondary N) is 1. The van der Waals surface area contributed by atoms with Gasteiger partial charge in [0.2, 0.25) is 0 Å². The van der Waals surface area contributed by atoms with Crippen LogP contribution in [0.25, 0.3) is 0 Å². The topological polar surface area (TPSA) is 30.5 Å². The number of halogens is 2. The molecule has 5 heteroatoms. The summed E-state index contributed by atoms with van der Waals surface area (Å²) in [5.41, 5.74) is 0.704. The van der Waals surface area contributed by atoms with E-state index < -0.39 is 6.61 Å². The van der Waals surface area contributed by atoms with Crippen molar-refractivity contribution in [3.63, 3.8) is 0 Å². The van der Waals surface area contributed by atoms with Crippen LogP contribution in [0, 0.1) is 0 Å². The summed E-state index contributed by atoms with van der Waals surface area (Å²) in [6.45, 7) is 0.193. The molecule has 96 valence electrons. The Bertz CT molecular complexity index is 334. The van der Waals surface area contributed by atoms with E-state index in [1.165, 1.54) is 6.07 Å². The third-order valence-electron chi connectivity index (χ3n) is 2.25. The molecule has 0 spiro atoms. The van der Waals surface area contributed by atoms with Gasteiger partial charge in [-0.25, -0.2) is 0 Å². The normalized spacial score (nSPS) is 12.8. The molecule has 0 aromatic heterocycles. The molecule has 0 aliphatic heterocycles. The number of para-hydroxylation sites is 1. The zero-order chi connectivity index (χ0) is 12.7. The molecule has 3 nitrogen and oxygen atoms in total. The van der Waals surface area contributed by atoms with E-state index in [0.717, 1.165) is 0 Å². The molecule has 1 aromatic rings. The van der Waals surface area contributed by atoms with Gasteiger partial charge in [0.15, 0.2) is 0 Å². The lowest BCUT2D eigenvalue weighted by molar-refractivity contribution is -0.0505. The molecule has 17 heavy (non-hydrogen) atoms. The van der Waals surface area contributed by atoms with Crippen LogP contribution in [0.4, 0.5) is 8.78 Å². The van der Waals surface area contributed by atoms with Crippen molar-refractivity contribution in [1.82, 2.24) is 5.32 Å². The summed E-state index contributed by atoms with van der Waals surface area (Å²) in [6, 6.07) is 6.89. The van der Waals surface area contributed by atoms with Crippen LogP contribution < -0.4 is 10.1 Å². The Kier molecular flexibility index (Phi) is 5.86. The number of methoxy groups -OCH3 is 1. The number of rotatable bonds is 7. The average molecular weight is 245 g/mol. The minimum Gasteiger partial charge on any atom is -0.434 e. The number of ether oxygens (including phenoxy) is 2. The first-order chi connectivity index (χ1) is 8.13. The van der Waals surface area contributed by atoms with Gasteiger partial charge in [0.25, 0.3) is 0 Å². The van der Waals surface area contributed by atoms with E-state index >= 15 is 0 Å². The van der Waals surface area contributed by atoms with E-state index in [2.05, 4.69) is 10.1 Å². The van der Waals surface area contributed by atoms with Gasteiger partial charge in [-0.2, -0.15) is 8.78 Å². The fraction of sp³-hybridized carbons (Fsp3) is 0.500. The predicted molar refractivity (Wildman–Crippen MR) is 61.3 cm³/mol. The lowest BCUT2D eigenvalue weighted by Gasteiger charge is -2.15. The summed E-state index contributed by atoms with van der Waals surface area (Å²) in [7, 11) is 1.62. The highest BCUT2D eigenvalue weighted by Gasteiger charge is 2.09. The zero-order valence-electron chi connectivity index (χ0n) is 9.95. The quantitative estimate of drug-likeness (QED) is 0.800. The van der Waals surface area contributed by atoms with E-state index in [1.807, 2.05) is 6.92 Å². The molecule has 1 N–H and O–H groups in total. The van der Waals surface area contributed by atoms with Crippen LogP contribution in [-0.2, 0) is 11.3 Å². The van der Waals surface area contributed by atoms with Crippen molar-refractivity contribution in [2.45, 2.75) is 26.1 Å². The molecular formula is C12H17F2NO2. The maximum atomic E-state index is 12.2. The van der Waals surface area contributed by atoms with Crippen LogP contribution in [0.2, 0.25) is 0 Å². The van der Waals surface area contributed by atoms with Crippen molar-refractivity contribution < 1.29 is 18.3 Å². The molecule has 0 bridgehead atoms. The Hall–Kier alpha value is -1.20. The van der Waals surface area contributed by atoms with E-state index in [-0.39, 0.29) is 11.8 Å². The molecule has 1 aromatic carbocycles. The highest BCUT2D eigenvalue weighted by atomic mass is 19.3. The van der Waals surface area contributed by atoms with Crippen LogP contribution in [0.5, 0.6) is 5.75 Å². The first-order valence-electron chi connectivity index (χ1n) is 5.38. The summed E-state index contributed by atoms with van der Waals surface area (Å²) in [5, 5.41) is 3.16. The largest absolute Gasteiger partial charge is 0.434 e. The molecule has 0 fully saturated rings. The van der Waals surface area contributed by atoms with E-state index in [0.29, 0.717) is 18.7 Å². The van der Waals surface area contributed by atoms with Gasteiger partial charge in [0.05, 0.1) is 6.61 Å². The van der Waals surface area contributed by atoms with Crippen molar-refractivity contribution in [3.8, 4) is 5.75 Å². The minimum absolute atomic E-state index is 0.152. The van der Waals surface area contributed by atoms with Gasteiger partial charge < -0.3 is 14.8 Å². The van der Waals surface area contributed by atoms with Crippen LogP contribution in [0.3, 0.4) is 0 Å². The van der Waals surface area contributed by atoms with Gasteiger partial charge >= 0.3 is 6.61 Å². The van der Waals surface area contributed by atoms with E-state index in [1.54, 1.807) is 25.3 Å². The Morgan fingerprint density at radius 2 is 2.00 bits per heavy atom. The maximum Gasteiger partial charge on any atom is 0.387 e. The maximum absolute atomic E-state index is 12.2. The smallest absolute Gasteiger partial charge is 0.387 e. The average Bonchev–Trinajstić information content (AvgIpc) is 2.27. The molecule has 1 atom stereocenters. The molecule has 0 amide bonds. The van der Waals surface area contributed by atoms with Crippen molar-refractivity contribution >= 4 is 0 Å². The third kappa shape index (κ3) is 5.10. The summed E-state index contributed by atoms with van der Waals surface area (Å²) < 4.78 is 33.7. The van der Waals surface area contributed by atoms with E-state index in [9.17, 15) is 8.78 Å². The summed E-state index contributed by atoms with van der Waals surface area (Å²) in [6.07, 6.45) is 0. The third-order valence-corrected chi connectivity index (χ3v) is 2.25. The Balaban J connectivity index is 2.57. The molecule has 0 radical (unpaired) electrons. The molecule has 0 aliphatic carbocycles. The van der Waals surface area contributed by atoms with Gasteiger partial charge in [0.1, 0.15) is 5.75 Å². The van der Waals surface area contributed by atoms with Crippen LogP contribution in [0.15, 0.2) is 24.3 Å². The van der Waals surface area contributed by atoms with Gasteiger partial charge in [-0.15, -0.1) is 0 Å². The second-order valence-corrected chi connectivity index (χ2v) is 3.72. The molecule has 0 saturated heterocycles. The number of hydrogen-bond acceptors (Lipinski definition) is 3. The van der Waals surface area contributed by atoms with Crippen molar-refractivity contribution in [2.24, 2.45) is 0 Å². The van der Waals surface area contributed by atoms with Crippen LogP contribution in [0.1, 0.15) is 12.5 Å².